The Morgan fingerprint density at radius 1 is 1.47 bits per heavy atom. The highest BCUT2D eigenvalue weighted by Gasteiger charge is 2.34. The van der Waals surface area contributed by atoms with Gasteiger partial charge in [0, 0.05) is 23.6 Å². The molecule has 2 nitrogen and oxygen atoms in total. The first-order valence-corrected chi connectivity index (χ1v) is 6.50. The fraction of sp³-hybridized carbons (Fsp3) is 0.571. The van der Waals surface area contributed by atoms with E-state index >= 15 is 0 Å². The third-order valence-corrected chi connectivity index (χ3v) is 3.86. The highest BCUT2D eigenvalue weighted by molar-refractivity contribution is 6.31. The van der Waals surface area contributed by atoms with Gasteiger partial charge in [-0.2, -0.15) is 0 Å². The quantitative estimate of drug-likeness (QED) is 0.891. The van der Waals surface area contributed by atoms with Crippen LogP contribution in [0.2, 0.25) is 5.02 Å². The molecule has 1 aliphatic heterocycles. The Bertz CT molecular complexity index is 386. The van der Waals surface area contributed by atoms with Gasteiger partial charge in [-0.25, -0.2) is 0 Å². The maximum absolute atomic E-state index is 6.31. The van der Waals surface area contributed by atoms with Crippen LogP contribution in [0.5, 0.6) is 0 Å². The molecule has 3 heteroatoms. The molecule has 94 valence electrons. The molecule has 2 rings (SSSR count). The first-order valence-electron chi connectivity index (χ1n) is 6.13. The smallest absolute Gasteiger partial charge is 0.0538 e. The van der Waals surface area contributed by atoms with E-state index in [4.69, 9.17) is 16.3 Å². The fourth-order valence-corrected chi connectivity index (χ4v) is 2.87. The molecule has 1 aromatic carbocycles. The molecule has 17 heavy (non-hydrogen) atoms. The van der Waals surface area contributed by atoms with E-state index in [1.54, 1.807) is 0 Å². The summed E-state index contributed by atoms with van der Waals surface area (Å²) in [6.07, 6.45) is 2.10. The fourth-order valence-electron chi connectivity index (χ4n) is 2.57. The van der Waals surface area contributed by atoms with Crippen LogP contribution < -0.4 is 5.32 Å². The van der Waals surface area contributed by atoms with Crippen molar-refractivity contribution in [1.82, 2.24) is 5.32 Å². The standard InChI is InChI=1S/C14H20ClNO/c1-11-3-4-12(13(15)7-11)8-14(9-16-2)5-6-17-10-14/h3-4,7,16H,5-6,8-10H2,1-2H3. The highest BCUT2D eigenvalue weighted by Crippen LogP contribution is 2.34. The van der Waals surface area contributed by atoms with E-state index in [0.717, 1.165) is 37.6 Å². The number of ether oxygens (including phenoxy) is 1. The summed E-state index contributed by atoms with van der Waals surface area (Å²) in [5.74, 6) is 0. The molecule has 1 heterocycles. The second-order valence-corrected chi connectivity index (χ2v) is 5.51. The number of hydrogen-bond donors (Lipinski definition) is 1. The minimum absolute atomic E-state index is 0.216. The van der Waals surface area contributed by atoms with E-state index in [-0.39, 0.29) is 5.41 Å². The van der Waals surface area contributed by atoms with Crippen LogP contribution in [-0.2, 0) is 11.2 Å². The van der Waals surface area contributed by atoms with Crippen molar-refractivity contribution in [3.8, 4) is 0 Å². The number of hydrogen-bond acceptors (Lipinski definition) is 2. The molecule has 0 aromatic heterocycles. The van der Waals surface area contributed by atoms with Crippen molar-refractivity contribution in [1.29, 1.82) is 0 Å². The van der Waals surface area contributed by atoms with Crippen molar-refractivity contribution in [3.05, 3.63) is 34.3 Å². The Labute approximate surface area is 108 Å². The average Bonchev–Trinajstić information content (AvgIpc) is 2.72. The molecule has 1 saturated heterocycles. The van der Waals surface area contributed by atoms with Crippen molar-refractivity contribution in [2.75, 3.05) is 26.8 Å². The van der Waals surface area contributed by atoms with Gasteiger partial charge in [-0.3, -0.25) is 0 Å². The van der Waals surface area contributed by atoms with Gasteiger partial charge in [0.15, 0.2) is 0 Å². The Balaban J connectivity index is 2.17. The summed E-state index contributed by atoms with van der Waals surface area (Å²) in [4.78, 5) is 0. The normalized spacial score (nSPS) is 24.2. The molecular formula is C14H20ClNO. The molecule has 1 atom stereocenters. The second-order valence-electron chi connectivity index (χ2n) is 5.10. The van der Waals surface area contributed by atoms with E-state index in [0.29, 0.717) is 0 Å². The summed E-state index contributed by atoms with van der Waals surface area (Å²) >= 11 is 6.31. The minimum Gasteiger partial charge on any atom is -0.381 e. The number of rotatable bonds is 4. The van der Waals surface area contributed by atoms with E-state index in [1.165, 1.54) is 11.1 Å². The zero-order chi connectivity index (χ0) is 12.3. The first kappa shape index (κ1) is 12.9. The Hall–Kier alpha value is -0.570. The van der Waals surface area contributed by atoms with Gasteiger partial charge < -0.3 is 10.1 Å². The highest BCUT2D eigenvalue weighted by atomic mass is 35.5. The number of nitrogens with one attached hydrogen (secondary N) is 1. The summed E-state index contributed by atoms with van der Waals surface area (Å²) < 4.78 is 5.57. The third-order valence-electron chi connectivity index (χ3n) is 3.51. The molecule has 0 spiro atoms. The van der Waals surface area contributed by atoms with Gasteiger partial charge in [-0.1, -0.05) is 23.7 Å². The minimum atomic E-state index is 0.216. The first-order chi connectivity index (χ1) is 8.15. The van der Waals surface area contributed by atoms with Crippen LogP contribution in [0.1, 0.15) is 17.5 Å². The molecule has 0 aliphatic carbocycles. The molecule has 1 aliphatic rings. The lowest BCUT2D eigenvalue weighted by molar-refractivity contribution is 0.150. The van der Waals surface area contributed by atoms with Gasteiger partial charge in [0.2, 0.25) is 0 Å². The number of aryl methyl sites for hydroxylation is 1. The predicted molar refractivity (Wildman–Crippen MR) is 71.7 cm³/mol. The number of benzene rings is 1. The predicted octanol–water partition coefficient (Wildman–Crippen LogP) is 2.82. The molecule has 1 unspecified atom stereocenters. The Morgan fingerprint density at radius 2 is 2.29 bits per heavy atom. The van der Waals surface area contributed by atoms with Crippen LogP contribution in [-0.4, -0.2) is 26.8 Å². The molecule has 0 bridgehead atoms. The zero-order valence-electron chi connectivity index (χ0n) is 10.6. The van der Waals surface area contributed by atoms with Crippen molar-refractivity contribution in [3.63, 3.8) is 0 Å². The van der Waals surface area contributed by atoms with Gasteiger partial charge in [0.05, 0.1) is 6.61 Å². The van der Waals surface area contributed by atoms with Crippen molar-refractivity contribution in [2.24, 2.45) is 5.41 Å². The molecule has 0 radical (unpaired) electrons. The van der Waals surface area contributed by atoms with Crippen LogP contribution in [0, 0.1) is 12.3 Å². The zero-order valence-corrected chi connectivity index (χ0v) is 11.3. The van der Waals surface area contributed by atoms with Gasteiger partial charge in [0.25, 0.3) is 0 Å². The lowest BCUT2D eigenvalue weighted by atomic mass is 9.80. The molecule has 0 saturated carbocycles. The van der Waals surface area contributed by atoms with Crippen LogP contribution in [0.15, 0.2) is 18.2 Å². The van der Waals surface area contributed by atoms with Gasteiger partial charge in [0.1, 0.15) is 0 Å². The van der Waals surface area contributed by atoms with Gasteiger partial charge in [-0.15, -0.1) is 0 Å². The summed E-state index contributed by atoms with van der Waals surface area (Å²) in [7, 11) is 2.00. The maximum Gasteiger partial charge on any atom is 0.0538 e. The summed E-state index contributed by atoms with van der Waals surface area (Å²) in [5.41, 5.74) is 2.66. The summed E-state index contributed by atoms with van der Waals surface area (Å²) in [6.45, 7) is 4.75. The molecule has 1 N–H and O–H groups in total. The largest absolute Gasteiger partial charge is 0.381 e. The molecule has 0 amide bonds. The van der Waals surface area contributed by atoms with E-state index in [2.05, 4.69) is 24.4 Å². The van der Waals surface area contributed by atoms with Crippen molar-refractivity contribution in [2.45, 2.75) is 19.8 Å². The topological polar surface area (TPSA) is 21.3 Å². The van der Waals surface area contributed by atoms with Crippen molar-refractivity contribution < 1.29 is 4.74 Å². The summed E-state index contributed by atoms with van der Waals surface area (Å²) in [6, 6.07) is 6.32. The third kappa shape index (κ3) is 3.01. The summed E-state index contributed by atoms with van der Waals surface area (Å²) in [5, 5.41) is 4.16. The maximum atomic E-state index is 6.31. The Morgan fingerprint density at radius 3 is 2.88 bits per heavy atom. The van der Waals surface area contributed by atoms with Crippen LogP contribution in [0.25, 0.3) is 0 Å². The SMILES string of the molecule is CNCC1(Cc2ccc(C)cc2Cl)CCOC1. The van der Waals surface area contributed by atoms with E-state index in [9.17, 15) is 0 Å². The monoisotopic (exact) mass is 253 g/mol. The second kappa shape index (κ2) is 5.38. The van der Waals surface area contributed by atoms with Crippen LogP contribution in [0.4, 0.5) is 0 Å². The van der Waals surface area contributed by atoms with E-state index < -0.39 is 0 Å². The van der Waals surface area contributed by atoms with Crippen LogP contribution >= 0.6 is 11.6 Å². The number of halogens is 1. The van der Waals surface area contributed by atoms with Gasteiger partial charge in [-0.05, 0) is 44.0 Å². The average molecular weight is 254 g/mol. The lowest BCUT2D eigenvalue weighted by Gasteiger charge is -2.27. The van der Waals surface area contributed by atoms with Gasteiger partial charge >= 0.3 is 0 Å². The Kier molecular flexibility index (Phi) is 4.08. The molecule has 1 aromatic rings. The van der Waals surface area contributed by atoms with E-state index in [1.807, 2.05) is 13.1 Å². The lowest BCUT2D eigenvalue weighted by Crippen LogP contribution is -2.35. The van der Waals surface area contributed by atoms with Crippen molar-refractivity contribution >= 4 is 11.6 Å². The molecular weight excluding hydrogens is 234 g/mol. The van der Waals surface area contributed by atoms with Crippen LogP contribution in [0.3, 0.4) is 0 Å². The molecule has 1 fully saturated rings.